The first-order valence-corrected chi connectivity index (χ1v) is 5.19. The molecule has 0 saturated carbocycles. The molecule has 0 aromatic heterocycles. The Morgan fingerprint density at radius 1 is 1.55 bits per heavy atom. The van der Waals surface area contributed by atoms with Crippen LogP contribution in [-0.4, -0.2) is 32.9 Å². The number of nitrogens with one attached hydrogen (secondary N) is 1. The zero-order valence-electron chi connectivity index (χ0n) is 6.87. The van der Waals surface area contributed by atoms with Crippen LogP contribution in [0.15, 0.2) is 0 Å². The Morgan fingerprint density at radius 2 is 2.18 bits per heavy atom. The van der Waals surface area contributed by atoms with E-state index in [9.17, 15) is 8.42 Å². The lowest BCUT2D eigenvalue weighted by Gasteiger charge is -2.13. The van der Waals surface area contributed by atoms with Crippen molar-refractivity contribution >= 4 is 10.2 Å². The number of nitrogens with zero attached hydrogens (tertiary/aromatic N) is 1. The molecule has 0 bridgehead atoms. The fraction of sp³-hybridized carbons (Fsp3) is 1.00. The molecule has 0 radical (unpaired) electrons. The molecule has 1 heterocycles. The first-order valence-electron chi connectivity index (χ1n) is 3.75. The average Bonchev–Trinajstić information content (AvgIpc) is 2.36. The largest absolute Gasteiger partial charge is 0.279 e. The number of hydrogen-bond donors (Lipinski definition) is 1. The minimum atomic E-state index is -3.15. The second kappa shape index (κ2) is 3.08. The van der Waals surface area contributed by atoms with E-state index in [1.54, 1.807) is 0 Å². The fourth-order valence-electron chi connectivity index (χ4n) is 1.24. The zero-order chi connectivity index (χ0) is 8.48. The Labute approximate surface area is 67.8 Å². The van der Waals surface area contributed by atoms with Gasteiger partial charge in [-0.15, -0.1) is 0 Å². The van der Waals surface area contributed by atoms with Crippen molar-refractivity contribution in [1.29, 1.82) is 0 Å². The van der Waals surface area contributed by atoms with Crippen LogP contribution < -0.4 is 4.72 Å². The first-order chi connectivity index (χ1) is 5.06. The van der Waals surface area contributed by atoms with E-state index in [0.29, 0.717) is 19.0 Å². The van der Waals surface area contributed by atoms with Gasteiger partial charge in [-0.1, -0.05) is 6.92 Å². The average molecular weight is 178 g/mol. The summed E-state index contributed by atoms with van der Waals surface area (Å²) in [5, 5.41) is 0. The summed E-state index contributed by atoms with van der Waals surface area (Å²) >= 11 is 0. The molecule has 1 saturated heterocycles. The van der Waals surface area contributed by atoms with E-state index in [4.69, 9.17) is 0 Å². The van der Waals surface area contributed by atoms with Crippen LogP contribution in [0.4, 0.5) is 0 Å². The molecule has 0 amide bonds. The van der Waals surface area contributed by atoms with Gasteiger partial charge in [0.15, 0.2) is 0 Å². The molecule has 66 valence electrons. The Balaban J connectivity index is 2.64. The first kappa shape index (κ1) is 8.96. The number of rotatable bonds is 2. The minimum absolute atomic E-state index is 0.498. The Bertz CT molecular complexity index is 225. The second-order valence-corrected chi connectivity index (χ2v) is 4.84. The van der Waals surface area contributed by atoms with Gasteiger partial charge in [-0.3, -0.25) is 0 Å². The van der Waals surface area contributed by atoms with Crippen LogP contribution in [0.3, 0.4) is 0 Å². The van der Waals surface area contributed by atoms with E-state index in [1.807, 2.05) is 0 Å². The second-order valence-electron chi connectivity index (χ2n) is 2.96. The topological polar surface area (TPSA) is 49.4 Å². The highest BCUT2D eigenvalue weighted by molar-refractivity contribution is 7.87. The van der Waals surface area contributed by atoms with E-state index >= 15 is 0 Å². The molecule has 1 atom stereocenters. The fourth-order valence-corrected chi connectivity index (χ4v) is 2.30. The lowest BCUT2D eigenvalue weighted by molar-refractivity contribution is 0.457. The van der Waals surface area contributed by atoms with E-state index in [2.05, 4.69) is 11.6 Å². The molecule has 1 rings (SSSR count). The summed E-state index contributed by atoms with van der Waals surface area (Å²) in [4.78, 5) is 0. The van der Waals surface area contributed by atoms with Gasteiger partial charge in [0.1, 0.15) is 0 Å². The Morgan fingerprint density at radius 3 is 2.55 bits per heavy atom. The van der Waals surface area contributed by atoms with Gasteiger partial charge >= 0.3 is 0 Å². The van der Waals surface area contributed by atoms with Crippen LogP contribution in [-0.2, 0) is 10.2 Å². The quantitative estimate of drug-likeness (QED) is 0.636. The summed E-state index contributed by atoms with van der Waals surface area (Å²) in [6.45, 7) is 3.37. The molecular formula is C6H14N2O2S. The van der Waals surface area contributed by atoms with Gasteiger partial charge in [0, 0.05) is 20.1 Å². The van der Waals surface area contributed by atoms with Crippen molar-refractivity contribution in [3.8, 4) is 0 Å². The summed E-state index contributed by atoms with van der Waals surface area (Å²) in [7, 11) is -1.70. The lowest BCUT2D eigenvalue weighted by Crippen LogP contribution is -2.37. The summed E-state index contributed by atoms with van der Waals surface area (Å²) in [5.74, 6) is 0.498. The smallest absolute Gasteiger partial charge is 0.205 e. The molecule has 1 aliphatic rings. The highest BCUT2D eigenvalue weighted by Gasteiger charge is 2.27. The maximum Gasteiger partial charge on any atom is 0.279 e. The van der Waals surface area contributed by atoms with Crippen molar-refractivity contribution in [2.45, 2.75) is 13.3 Å². The van der Waals surface area contributed by atoms with E-state index in [0.717, 1.165) is 6.42 Å². The molecule has 0 unspecified atom stereocenters. The van der Waals surface area contributed by atoms with Crippen molar-refractivity contribution in [3.63, 3.8) is 0 Å². The summed E-state index contributed by atoms with van der Waals surface area (Å²) in [5.41, 5.74) is 0. The van der Waals surface area contributed by atoms with Crippen molar-refractivity contribution in [1.82, 2.24) is 9.03 Å². The van der Waals surface area contributed by atoms with Crippen molar-refractivity contribution in [2.75, 3.05) is 20.1 Å². The standard InChI is InChI=1S/C6H14N2O2S/c1-6-3-4-8(5-6)11(9,10)7-2/h6-7H,3-5H2,1-2H3/t6-/m0/s1. The third-order valence-corrected chi connectivity index (χ3v) is 3.51. The highest BCUT2D eigenvalue weighted by atomic mass is 32.2. The SMILES string of the molecule is CNS(=O)(=O)N1CC[C@H](C)C1. The molecule has 1 N–H and O–H groups in total. The molecule has 0 aliphatic carbocycles. The summed E-state index contributed by atoms with van der Waals surface area (Å²) in [6, 6.07) is 0. The molecule has 11 heavy (non-hydrogen) atoms. The maximum absolute atomic E-state index is 11.2. The summed E-state index contributed by atoms with van der Waals surface area (Å²) < 4.78 is 26.1. The molecule has 0 aromatic rings. The molecule has 0 aromatic carbocycles. The molecule has 1 aliphatic heterocycles. The van der Waals surface area contributed by atoms with Gasteiger partial charge in [-0.2, -0.15) is 12.7 Å². The molecule has 5 heteroatoms. The normalized spacial score (nSPS) is 27.6. The van der Waals surface area contributed by atoms with Crippen molar-refractivity contribution in [2.24, 2.45) is 5.92 Å². The predicted molar refractivity (Wildman–Crippen MR) is 43.3 cm³/mol. The van der Waals surface area contributed by atoms with Crippen LogP contribution in [0.2, 0.25) is 0 Å². The van der Waals surface area contributed by atoms with Gasteiger partial charge < -0.3 is 0 Å². The minimum Gasteiger partial charge on any atom is -0.205 e. The van der Waals surface area contributed by atoms with Gasteiger partial charge in [-0.05, 0) is 12.3 Å². The van der Waals surface area contributed by atoms with Crippen LogP contribution >= 0.6 is 0 Å². The number of hydrogen-bond acceptors (Lipinski definition) is 2. The van der Waals surface area contributed by atoms with E-state index in [1.165, 1.54) is 11.4 Å². The van der Waals surface area contributed by atoms with Crippen LogP contribution in [0.1, 0.15) is 13.3 Å². The summed E-state index contributed by atoms with van der Waals surface area (Å²) in [6.07, 6.45) is 0.973. The molecule has 4 nitrogen and oxygen atoms in total. The van der Waals surface area contributed by atoms with Gasteiger partial charge in [0.25, 0.3) is 10.2 Å². The molecular weight excluding hydrogens is 164 g/mol. The van der Waals surface area contributed by atoms with Gasteiger partial charge in [0.05, 0.1) is 0 Å². The predicted octanol–water partition coefficient (Wildman–Crippen LogP) is -0.208. The van der Waals surface area contributed by atoms with Crippen molar-refractivity contribution in [3.05, 3.63) is 0 Å². The lowest BCUT2D eigenvalue weighted by atomic mass is 10.2. The Kier molecular flexibility index (Phi) is 2.51. The zero-order valence-corrected chi connectivity index (χ0v) is 7.69. The van der Waals surface area contributed by atoms with Crippen molar-refractivity contribution < 1.29 is 8.42 Å². The third kappa shape index (κ3) is 1.91. The van der Waals surface area contributed by atoms with Crippen LogP contribution in [0.5, 0.6) is 0 Å². The van der Waals surface area contributed by atoms with Crippen LogP contribution in [0, 0.1) is 5.92 Å². The van der Waals surface area contributed by atoms with E-state index < -0.39 is 10.2 Å². The molecule has 0 spiro atoms. The highest BCUT2D eigenvalue weighted by Crippen LogP contribution is 2.16. The maximum atomic E-state index is 11.2. The monoisotopic (exact) mass is 178 g/mol. The van der Waals surface area contributed by atoms with Gasteiger partial charge in [0.2, 0.25) is 0 Å². The third-order valence-electron chi connectivity index (χ3n) is 1.98. The Hall–Kier alpha value is -0.130. The molecule has 1 fully saturated rings. The van der Waals surface area contributed by atoms with E-state index in [-0.39, 0.29) is 0 Å². The van der Waals surface area contributed by atoms with Gasteiger partial charge in [-0.25, -0.2) is 4.72 Å². The van der Waals surface area contributed by atoms with Crippen LogP contribution in [0.25, 0.3) is 0 Å².